The number of sulfonamides is 1. The second-order valence-electron chi connectivity index (χ2n) is 5.97. The van der Waals surface area contributed by atoms with E-state index in [0.717, 1.165) is 22.0 Å². The molecule has 4 nitrogen and oxygen atoms in total. The van der Waals surface area contributed by atoms with E-state index < -0.39 is 26.6 Å². The van der Waals surface area contributed by atoms with Crippen molar-refractivity contribution in [2.24, 2.45) is 0 Å². The predicted octanol–water partition coefficient (Wildman–Crippen LogP) is 3.79. The van der Waals surface area contributed by atoms with Gasteiger partial charge in [0.2, 0.25) is 10.0 Å². The smallest absolute Gasteiger partial charge is 0.246 e. The molecule has 1 aromatic heterocycles. The van der Waals surface area contributed by atoms with Crippen LogP contribution in [-0.4, -0.2) is 24.3 Å². The highest BCUT2D eigenvalue weighted by Gasteiger charge is 2.28. The van der Waals surface area contributed by atoms with Gasteiger partial charge in [0.05, 0.1) is 12.2 Å². The highest BCUT2D eigenvalue weighted by molar-refractivity contribution is 7.89. The van der Waals surface area contributed by atoms with Gasteiger partial charge in [0.15, 0.2) is 0 Å². The zero-order chi connectivity index (χ0) is 19.3. The quantitative estimate of drug-likeness (QED) is 0.619. The minimum Gasteiger partial charge on any atom is -0.260 e. The maximum absolute atomic E-state index is 14.1. The molecular formula is C20H18F2N2O2S. The number of hydrogen-bond donors (Lipinski definition) is 0. The molecule has 0 fully saturated rings. The maximum Gasteiger partial charge on any atom is 0.246 e. The van der Waals surface area contributed by atoms with Crippen LogP contribution in [0.25, 0.3) is 0 Å². The highest BCUT2D eigenvalue weighted by atomic mass is 32.2. The Labute approximate surface area is 157 Å². The first-order valence-corrected chi connectivity index (χ1v) is 9.80. The van der Waals surface area contributed by atoms with E-state index in [-0.39, 0.29) is 13.1 Å². The molecule has 0 unspecified atom stereocenters. The highest BCUT2D eigenvalue weighted by Crippen LogP contribution is 2.22. The Morgan fingerprint density at radius 2 is 1.67 bits per heavy atom. The Hall–Kier alpha value is -2.64. The molecule has 27 heavy (non-hydrogen) atoms. The van der Waals surface area contributed by atoms with Crippen molar-refractivity contribution in [3.05, 3.63) is 95.8 Å². The molecule has 0 bridgehead atoms. The molecule has 0 atom stereocenters. The van der Waals surface area contributed by atoms with Crippen LogP contribution in [0.1, 0.15) is 11.3 Å². The van der Waals surface area contributed by atoms with Crippen molar-refractivity contribution in [2.75, 3.05) is 6.54 Å². The Bertz CT molecular complexity index is 997. The summed E-state index contributed by atoms with van der Waals surface area (Å²) in [5.74, 6) is -1.79. The molecule has 0 N–H and O–H groups in total. The summed E-state index contributed by atoms with van der Waals surface area (Å²) in [7, 11) is -4.24. The number of hydrogen-bond acceptors (Lipinski definition) is 3. The van der Waals surface area contributed by atoms with E-state index in [9.17, 15) is 17.2 Å². The van der Waals surface area contributed by atoms with E-state index in [2.05, 4.69) is 4.98 Å². The third kappa shape index (κ3) is 4.75. The second-order valence-corrected chi connectivity index (χ2v) is 7.88. The molecule has 2 aromatic carbocycles. The summed E-state index contributed by atoms with van der Waals surface area (Å²) >= 11 is 0. The largest absolute Gasteiger partial charge is 0.260 e. The maximum atomic E-state index is 14.1. The molecule has 0 aliphatic heterocycles. The average molecular weight is 388 g/mol. The van der Waals surface area contributed by atoms with E-state index in [1.165, 1.54) is 0 Å². The summed E-state index contributed by atoms with van der Waals surface area (Å²) in [6.45, 7) is 0.0742. The van der Waals surface area contributed by atoms with Gasteiger partial charge in [0, 0.05) is 12.7 Å². The van der Waals surface area contributed by atoms with Gasteiger partial charge >= 0.3 is 0 Å². The van der Waals surface area contributed by atoms with E-state index in [1.54, 1.807) is 24.4 Å². The van der Waals surface area contributed by atoms with Gasteiger partial charge < -0.3 is 0 Å². The standard InChI is InChI=1S/C20H18F2N2O2S/c21-17-9-10-19(22)20(14-17)27(25,26)24(15-18-8-4-5-12-23-18)13-11-16-6-2-1-3-7-16/h1-10,12,14H,11,13,15H2. The molecule has 0 radical (unpaired) electrons. The van der Waals surface area contributed by atoms with Gasteiger partial charge in [-0.3, -0.25) is 4.98 Å². The molecule has 0 spiro atoms. The normalized spacial score (nSPS) is 11.7. The van der Waals surface area contributed by atoms with Gasteiger partial charge in [0.1, 0.15) is 16.5 Å². The monoisotopic (exact) mass is 388 g/mol. The van der Waals surface area contributed by atoms with Gasteiger partial charge in [0.25, 0.3) is 0 Å². The lowest BCUT2D eigenvalue weighted by atomic mass is 10.1. The van der Waals surface area contributed by atoms with Crippen LogP contribution in [0.5, 0.6) is 0 Å². The Morgan fingerprint density at radius 1 is 0.926 bits per heavy atom. The molecular weight excluding hydrogens is 370 g/mol. The predicted molar refractivity (Wildman–Crippen MR) is 98.3 cm³/mol. The van der Waals surface area contributed by atoms with E-state index in [0.29, 0.717) is 18.2 Å². The van der Waals surface area contributed by atoms with Crippen LogP contribution in [0.3, 0.4) is 0 Å². The summed E-state index contributed by atoms with van der Waals surface area (Å²) in [5.41, 5.74) is 1.46. The lowest BCUT2D eigenvalue weighted by Crippen LogP contribution is -2.33. The Morgan fingerprint density at radius 3 is 2.37 bits per heavy atom. The first kappa shape index (κ1) is 19.1. The van der Waals surface area contributed by atoms with Crippen molar-refractivity contribution in [3.8, 4) is 0 Å². The minimum absolute atomic E-state index is 0.0358. The van der Waals surface area contributed by atoms with Crippen LogP contribution in [0, 0.1) is 11.6 Å². The molecule has 0 amide bonds. The molecule has 3 rings (SSSR count). The minimum atomic E-state index is -4.24. The van der Waals surface area contributed by atoms with Crippen molar-refractivity contribution in [1.82, 2.24) is 9.29 Å². The zero-order valence-corrected chi connectivity index (χ0v) is 15.2. The summed E-state index contributed by atoms with van der Waals surface area (Å²) in [6.07, 6.45) is 1.99. The summed E-state index contributed by atoms with van der Waals surface area (Å²) < 4.78 is 54.9. The molecule has 140 valence electrons. The third-order valence-corrected chi connectivity index (χ3v) is 5.93. The molecule has 3 aromatic rings. The lowest BCUT2D eigenvalue weighted by molar-refractivity contribution is 0.401. The zero-order valence-electron chi connectivity index (χ0n) is 14.4. The van der Waals surface area contributed by atoms with Crippen LogP contribution in [-0.2, 0) is 23.0 Å². The Kier molecular flexibility index (Phi) is 5.93. The second kappa shape index (κ2) is 8.37. The van der Waals surface area contributed by atoms with Crippen molar-refractivity contribution >= 4 is 10.0 Å². The van der Waals surface area contributed by atoms with Gasteiger partial charge in [-0.2, -0.15) is 4.31 Å². The third-order valence-electron chi connectivity index (χ3n) is 4.07. The Balaban J connectivity index is 1.93. The van der Waals surface area contributed by atoms with E-state index in [4.69, 9.17) is 0 Å². The lowest BCUT2D eigenvalue weighted by Gasteiger charge is -2.22. The number of halogens is 2. The first-order chi connectivity index (χ1) is 13.0. The topological polar surface area (TPSA) is 50.3 Å². The van der Waals surface area contributed by atoms with Crippen molar-refractivity contribution in [3.63, 3.8) is 0 Å². The number of pyridine rings is 1. The average Bonchev–Trinajstić information content (AvgIpc) is 2.68. The van der Waals surface area contributed by atoms with Crippen LogP contribution >= 0.6 is 0 Å². The fourth-order valence-corrected chi connectivity index (χ4v) is 4.16. The van der Waals surface area contributed by atoms with Crippen LogP contribution in [0.4, 0.5) is 8.78 Å². The van der Waals surface area contributed by atoms with Gasteiger partial charge in [-0.15, -0.1) is 0 Å². The molecule has 0 saturated carbocycles. The number of benzene rings is 2. The number of rotatable bonds is 7. The SMILES string of the molecule is O=S(=O)(c1cc(F)ccc1F)N(CCc1ccccc1)Cc1ccccn1. The molecule has 1 heterocycles. The van der Waals surface area contributed by atoms with Crippen LogP contribution < -0.4 is 0 Å². The number of nitrogens with zero attached hydrogens (tertiary/aromatic N) is 2. The summed E-state index contributed by atoms with van der Waals surface area (Å²) in [5, 5.41) is 0. The number of aromatic nitrogens is 1. The fourth-order valence-electron chi connectivity index (χ4n) is 2.67. The van der Waals surface area contributed by atoms with Gasteiger partial charge in [-0.1, -0.05) is 36.4 Å². The first-order valence-electron chi connectivity index (χ1n) is 8.36. The van der Waals surface area contributed by atoms with Crippen molar-refractivity contribution in [1.29, 1.82) is 0 Å². The van der Waals surface area contributed by atoms with Crippen LogP contribution in [0.15, 0.2) is 77.8 Å². The molecule has 7 heteroatoms. The molecule has 0 aliphatic carbocycles. The van der Waals surface area contributed by atoms with Crippen LogP contribution in [0.2, 0.25) is 0 Å². The molecule has 0 aliphatic rings. The fraction of sp³-hybridized carbons (Fsp3) is 0.150. The van der Waals surface area contributed by atoms with Gasteiger partial charge in [-0.05, 0) is 42.3 Å². The van der Waals surface area contributed by atoms with Crippen molar-refractivity contribution in [2.45, 2.75) is 17.9 Å². The van der Waals surface area contributed by atoms with E-state index in [1.807, 2.05) is 30.3 Å². The summed E-state index contributed by atoms with van der Waals surface area (Å²) in [6, 6.07) is 16.9. The summed E-state index contributed by atoms with van der Waals surface area (Å²) in [4.78, 5) is 3.47. The molecule has 0 saturated heterocycles. The van der Waals surface area contributed by atoms with E-state index >= 15 is 0 Å². The van der Waals surface area contributed by atoms with Gasteiger partial charge in [-0.25, -0.2) is 17.2 Å². The van der Waals surface area contributed by atoms with Crippen molar-refractivity contribution < 1.29 is 17.2 Å².